The Morgan fingerprint density at radius 3 is 2.62 bits per heavy atom. The van der Waals surface area contributed by atoms with Gasteiger partial charge in [-0.05, 0) is 30.5 Å². The number of hydrogen-bond acceptors (Lipinski definition) is 3. The molecular formula is C13H15NO2. The smallest absolute Gasteiger partial charge is 0.231 e. The van der Waals surface area contributed by atoms with Gasteiger partial charge in [0.05, 0.1) is 0 Å². The summed E-state index contributed by atoms with van der Waals surface area (Å²) in [5.74, 6) is 1.68. The lowest BCUT2D eigenvalue weighted by Crippen LogP contribution is -2.32. The molecule has 3 nitrogen and oxygen atoms in total. The van der Waals surface area contributed by atoms with Crippen molar-refractivity contribution in [3.63, 3.8) is 0 Å². The molecule has 0 atom stereocenters. The van der Waals surface area contributed by atoms with Crippen molar-refractivity contribution in [2.75, 3.05) is 13.3 Å². The largest absolute Gasteiger partial charge is 0.454 e. The van der Waals surface area contributed by atoms with E-state index in [0.29, 0.717) is 13.3 Å². The summed E-state index contributed by atoms with van der Waals surface area (Å²) in [7, 11) is 0. The third-order valence-electron chi connectivity index (χ3n) is 3.56. The van der Waals surface area contributed by atoms with Gasteiger partial charge in [-0.2, -0.15) is 0 Å². The van der Waals surface area contributed by atoms with Crippen LogP contribution in [0.2, 0.25) is 0 Å². The predicted octanol–water partition coefficient (Wildman–Crippen LogP) is 1.96. The van der Waals surface area contributed by atoms with Crippen molar-refractivity contribution in [1.82, 2.24) is 0 Å². The molecule has 1 aromatic carbocycles. The summed E-state index contributed by atoms with van der Waals surface area (Å²) < 4.78 is 10.7. The van der Waals surface area contributed by atoms with E-state index in [1.165, 1.54) is 5.56 Å². The van der Waals surface area contributed by atoms with Gasteiger partial charge >= 0.3 is 0 Å². The first-order valence-electron chi connectivity index (χ1n) is 5.59. The maximum absolute atomic E-state index is 5.93. The Bertz CT molecular complexity index is 432. The summed E-state index contributed by atoms with van der Waals surface area (Å²) in [5, 5.41) is 0. The van der Waals surface area contributed by atoms with Crippen LogP contribution >= 0.6 is 0 Å². The van der Waals surface area contributed by atoms with Crippen molar-refractivity contribution in [2.45, 2.75) is 18.3 Å². The second kappa shape index (κ2) is 3.52. The van der Waals surface area contributed by atoms with Crippen LogP contribution in [0.25, 0.3) is 0 Å². The van der Waals surface area contributed by atoms with E-state index in [2.05, 4.69) is 24.3 Å². The molecule has 0 saturated carbocycles. The second-order valence-electron chi connectivity index (χ2n) is 4.43. The molecule has 0 unspecified atom stereocenters. The molecule has 1 aliphatic heterocycles. The van der Waals surface area contributed by atoms with Gasteiger partial charge in [-0.1, -0.05) is 18.2 Å². The van der Waals surface area contributed by atoms with Crippen molar-refractivity contribution in [3.05, 3.63) is 35.9 Å². The molecular weight excluding hydrogens is 202 g/mol. The van der Waals surface area contributed by atoms with E-state index in [4.69, 9.17) is 15.2 Å². The molecule has 0 bridgehead atoms. The lowest BCUT2D eigenvalue weighted by atomic mass is 9.78. The summed E-state index contributed by atoms with van der Waals surface area (Å²) in [5.41, 5.74) is 7.26. The third kappa shape index (κ3) is 1.32. The molecule has 84 valence electrons. The number of allylic oxidation sites excluding steroid dienone is 2. The van der Waals surface area contributed by atoms with Gasteiger partial charge in [-0.3, -0.25) is 0 Å². The minimum absolute atomic E-state index is 0.0704. The highest BCUT2D eigenvalue weighted by Gasteiger charge is 2.32. The number of benzene rings is 1. The van der Waals surface area contributed by atoms with Gasteiger partial charge in [-0.15, -0.1) is 0 Å². The Labute approximate surface area is 94.9 Å². The SMILES string of the molecule is NCC1(c2ccc3c(c2)OCO3)CC=CC1. The van der Waals surface area contributed by atoms with E-state index in [0.717, 1.165) is 24.3 Å². The van der Waals surface area contributed by atoms with Crippen LogP contribution in [0.5, 0.6) is 11.5 Å². The van der Waals surface area contributed by atoms with Crippen LogP contribution in [0.15, 0.2) is 30.4 Å². The number of fused-ring (bicyclic) bond motifs is 1. The second-order valence-corrected chi connectivity index (χ2v) is 4.43. The first kappa shape index (κ1) is 9.73. The molecule has 0 aromatic heterocycles. The first-order valence-corrected chi connectivity index (χ1v) is 5.59. The van der Waals surface area contributed by atoms with Crippen LogP contribution in [0, 0.1) is 0 Å². The zero-order valence-electron chi connectivity index (χ0n) is 9.11. The summed E-state index contributed by atoms with van der Waals surface area (Å²) in [6, 6.07) is 6.16. The van der Waals surface area contributed by atoms with E-state index in [-0.39, 0.29) is 5.41 Å². The number of nitrogens with two attached hydrogens (primary N) is 1. The lowest BCUT2D eigenvalue weighted by Gasteiger charge is -2.28. The van der Waals surface area contributed by atoms with Crippen molar-refractivity contribution >= 4 is 0 Å². The third-order valence-corrected chi connectivity index (χ3v) is 3.56. The summed E-state index contributed by atoms with van der Waals surface area (Å²) >= 11 is 0. The van der Waals surface area contributed by atoms with E-state index in [9.17, 15) is 0 Å². The van der Waals surface area contributed by atoms with Gasteiger partial charge < -0.3 is 15.2 Å². The Morgan fingerprint density at radius 1 is 1.12 bits per heavy atom. The average molecular weight is 217 g/mol. The zero-order chi connectivity index (χ0) is 11.0. The van der Waals surface area contributed by atoms with Crippen LogP contribution in [0.3, 0.4) is 0 Å². The molecule has 16 heavy (non-hydrogen) atoms. The maximum Gasteiger partial charge on any atom is 0.231 e. The summed E-state index contributed by atoms with van der Waals surface area (Å²) in [4.78, 5) is 0. The van der Waals surface area contributed by atoms with Gasteiger partial charge in [0.2, 0.25) is 6.79 Å². The molecule has 2 N–H and O–H groups in total. The number of ether oxygens (including phenoxy) is 2. The molecule has 0 saturated heterocycles. The maximum atomic E-state index is 5.93. The minimum atomic E-state index is 0.0704. The Morgan fingerprint density at radius 2 is 1.88 bits per heavy atom. The Kier molecular flexibility index (Phi) is 2.14. The summed E-state index contributed by atoms with van der Waals surface area (Å²) in [6.45, 7) is 0.992. The molecule has 1 aromatic rings. The van der Waals surface area contributed by atoms with Crippen molar-refractivity contribution < 1.29 is 9.47 Å². The lowest BCUT2D eigenvalue weighted by molar-refractivity contribution is 0.174. The van der Waals surface area contributed by atoms with E-state index < -0.39 is 0 Å². The normalized spacial score (nSPS) is 20.3. The first-order chi connectivity index (χ1) is 7.84. The van der Waals surface area contributed by atoms with E-state index in [1.807, 2.05) is 6.07 Å². The fourth-order valence-corrected chi connectivity index (χ4v) is 2.45. The van der Waals surface area contributed by atoms with Crippen LogP contribution in [-0.4, -0.2) is 13.3 Å². The van der Waals surface area contributed by atoms with E-state index in [1.54, 1.807) is 0 Å². The topological polar surface area (TPSA) is 44.5 Å². The molecule has 0 amide bonds. The Balaban J connectivity index is 2.00. The van der Waals surface area contributed by atoms with Crippen LogP contribution < -0.4 is 15.2 Å². The average Bonchev–Trinajstić information content (AvgIpc) is 2.97. The van der Waals surface area contributed by atoms with Crippen LogP contribution in [0.4, 0.5) is 0 Å². The number of rotatable bonds is 2. The molecule has 1 aliphatic carbocycles. The highest BCUT2D eigenvalue weighted by atomic mass is 16.7. The van der Waals surface area contributed by atoms with E-state index >= 15 is 0 Å². The minimum Gasteiger partial charge on any atom is -0.454 e. The standard InChI is InChI=1S/C13H15NO2/c14-8-13(5-1-2-6-13)10-3-4-11-12(7-10)16-9-15-11/h1-4,7H,5-6,8-9,14H2. The highest BCUT2D eigenvalue weighted by molar-refractivity contribution is 5.47. The van der Waals surface area contributed by atoms with Gasteiger partial charge in [0.15, 0.2) is 11.5 Å². The van der Waals surface area contributed by atoms with Crippen molar-refractivity contribution in [1.29, 1.82) is 0 Å². The van der Waals surface area contributed by atoms with Gasteiger partial charge in [0.1, 0.15) is 0 Å². The van der Waals surface area contributed by atoms with Crippen LogP contribution in [0.1, 0.15) is 18.4 Å². The summed E-state index contributed by atoms with van der Waals surface area (Å²) in [6.07, 6.45) is 6.45. The molecule has 0 spiro atoms. The predicted molar refractivity (Wildman–Crippen MR) is 61.7 cm³/mol. The van der Waals surface area contributed by atoms with Gasteiger partial charge in [-0.25, -0.2) is 0 Å². The molecule has 2 aliphatic rings. The molecule has 1 heterocycles. The quantitative estimate of drug-likeness (QED) is 0.770. The Hall–Kier alpha value is -1.48. The number of hydrogen-bond donors (Lipinski definition) is 1. The monoisotopic (exact) mass is 217 g/mol. The van der Waals surface area contributed by atoms with Crippen molar-refractivity contribution in [2.24, 2.45) is 5.73 Å². The zero-order valence-corrected chi connectivity index (χ0v) is 9.11. The van der Waals surface area contributed by atoms with Crippen LogP contribution in [-0.2, 0) is 5.41 Å². The van der Waals surface area contributed by atoms with Crippen molar-refractivity contribution in [3.8, 4) is 11.5 Å². The molecule has 3 rings (SSSR count). The molecule has 0 fully saturated rings. The highest BCUT2D eigenvalue weighted by Crippen LogP contribution is 2.41. The molecule has 0 radical (unpaired) electrons. The molecule has 3 heteroatoms. The van der Waals surface area contributed by atoms with Gasteiger partial charge in [0, 0.05) is 12.0 Å². The fourth-order valence-electron chi connectivity index (χ4n) is 2.45. The fraction of sp³-hybridized carbons (Fsp3) is 0.385. The van der Waals surface area contributed by atoms with Gasteiger partial charge in [0.25, 0.3) is 0 Å².